The Morgan fingerprint density at radius 2 is 1.73 bits per heavy atom. The molecule has 0 amide bonds. The van der Waals surface area contributed by atoms with Crippen molar-refractivity contribution in [3.63, 3.8) is 0 Å². The van der Waals surface area contributed by atoms with Gasteiger partial charge in [-0.3, -0.25) is 0 Å². The summed E-state index contributed by atoms with van der Waals surface area (Å²) < 4.78 is 40.2. The Morgan fingerprint density at radius 1 is 1.13 bits per heavy atom. The predicted octanol–water partition coefficient (Wildman–Crippen LogP) is 3.10. The van der Waals surface area contributed by atoms with Gasteiger partial charge in [-0.1, -0.05) is 53.6 Å². The fourth-order valence-corrected chi connectivity index (χ4v) is 2.62. The van der Waals surface area contributed by atoms with Crippen LogP contribution in [0.25, 0.3) is 10.4 Å². The maximum Gasteiger partial charge on any atom is 0.338 e. The van der Waals surface area contributed by atoms with Crippen molar-refractivity contribution in [2.75, 3.05) is 13.2 Å². The molecule has 2 rings (SSSR count). The van der Waals surface area contributed by atoms with E-state index in [2.05, 4.69) is 10.0 Å². The zero-order chi connectivity index (χ0) is 22.0. The van der Waals surface area contributed by atoms with Gasteiger partial charge in [0.2, 0.25) is 0 Å². The third-order valence-electron chi connectivity index (χ3n) is 4.21. The van der Waals surface area contributed by atoms with Gasteiger partial charge in [0.15, 0.2) is 0 Å². The Bertz CT molecular complexity index is 848. The smallest absolute Gasteiger partial charge is 0.338 e. The number of carbonyl (C=O) groups excluding carboxylic acids is 1. The first-order valence-electron chi connectivity index (χ1n) is 8.98. The highest BCUT2D eigenvalue weighted by Gasteiger charge is 2.51. The maximum absolute atomic E-state index is 15.1. The van der Waals surface area contributed by atoms with Crippen molar-refractivity contribution >= 4 is 5.97 Å². The minimum absolute atomic E-state index is 0.132. The number of ether oxygens (including phenoxy) is 2. The summed E-state index contributed by atoms with van der Waals surface area (Å²) in [5.41, 5.74) is 9.39. The molecular formula is C20H21F2N3O5. The SMILES string of the molecule is [N-]=[N+]=N[C@H](COC(=O)c1ccccc1)C(F)(F)[C@H](OCc1ccccc1)[C@@H](O)CO. The number of hydrogen-bond donors (Lipinski definition) is 2. The molecule has 0 aromatic heterocycles. The Kier molecular flexibility index (Phi) is 8.70. The molecule has 160 valence electrons. The summed E-state index contributed by atoms with van der Waals surface area (Å²) >= 11 is 0. The molecular weight excluding hydrogens is 400 g/mol. The number of benzene rings is 2. The highest BCUT2D eigenvalue weighted by Crippen LogP contribution is 2.31. The lowest BCUT2D eigenvalue weighted by Crippen LogP contribution is -2.53. The molecule has 0 aliphatic heterocycles. The van der Waals surface area contributed by atoms with Gasteiger partial charge in [-0.05, 0) is 23.2 Å². The molecule has 0 aliphatic carbocycles. The van der Waals surface area contributed by atoms with Crippen molar-refractivity contribution in [2.24, 2.45) is 5.11 Å². The lowest BCUT2D eigenvalue weighted by Gasteiger charge is -2.33. The molecule has 0 aliphatic rings. The summed E-state index contributed by atoms with van der Waals surface area (Å²) in [6.07, 6.45) is -4.18. The molecule has 2 aromatic carbocycles. The number of carbonyl (C=O) groups is 1. The average Bonchev–Trinajstić information content (AvgIpc) is 2.77. The van der Waals surface area contributed by atoms with Gasteiger partial charge in [-0.15, -0.1) is 0 Å². The summed E-state index contributed by atoms with van der Waals surface area (Å²) in [4.78, 5) is 14.4. The highest BCUT2D eigenvalue weighted by molar-refractivity contribution is 5.89. The third kappa shape index (κ3) is 6.23. The number of halogens is 2. The number of rotatable bonds is 11. The van der Waals surface area contributed by atoms with Gasteiger partial charge in [0, 0.05) is 4.91 Å². The Balaban J connectivity index is 2.15. The lowest BCUT2D eigenvalue weighted by atomic mass is 10.0. The highest BCUT2D eigenvalue weighted by atomic mass is 19.3. The number of hydrogen-bond acceptors (Lipinski definition) is 6. The molecule has 0 saturated heterocycles. The molecule has 30 heavy (non-hydrogen) atoms. The van der Waals surface area contributed by atoms with Gasteiger partial charge < -0.3 is 19.7 Å². The zero-order valence-electron chi connectivity index (χ0n) is 15.8. The summed E-state index contributed by atoms with van der Waals surface area (Å²) in [5.74, 6) is -4.84. The van der Waals surface area contributed by atoms with E-state index in [0.717, 1.165) is 0 Å². The first kappa shape index (κ1) is 23.2. The van der Waals surface area contributed by atoms with E-state index in [-0.39, 0.29) is 12.2 Å². The van der Waals surface area contributed by atoms with Crippen LogP contribution in [0.15, 0.2) is 65.8 Å². The number of esters is 1. The van der Waals surface area contributed by atoms with E-state index >= 15 is 8.78 Å². The second-order valence-electron chi connectivity index (χ2n) is 6.33. The van der Waals surface area contributed by atoms with Gasteiger partial charge in [0.1, 0.15) is 24.9 Å². The van der Waals surface area contributed by atoms with Crippen molar-refractivity contribution in [1.82, 2.24) is 0 Å². The van der Waals surface area contributed by atoms with Crippen LogP contribution in [-0.4, -0.2) is 53.6 Å². The van der Waals surface area contributed by atoms with Crippen LogP contribution >= 0.6 is 0 Å². The van der Waals surface area contributed by atoms with E-state index in [1.807, 2.05) is 0 Å². The monoisotopic (exact) mass is 421 g/mol. The molecule has 0 heterocycles. The van der Waals surface area contributed by atoms with E-state index in [1.165, 1.54) is 12.1 Å². The van der Waals surface area contributed by atoms with E-state index in [1.54, 1.807) is 48.5 Å². The largest absolute Gasteiger partial charge is 0.461 e. The molecule has 2 aromatic rings. The summed E-state index contributed by atoms with van der Waals surface area (Å²) in [5, 5.41) is 22.1. The molecule has 3 atom stereocenters. The van der Waals surface area contributed by atoms with Crippen LogP contribution in [0.4, 0.5) is 8.78 Å². The topological polar surface area (TPSA) is 125 Å². The van der Waals surface area contributed by atoms with E-state index in [0.29, 0.717) is 5.56 Å². The number of azide groups is 1. The van der Waals surface area contributed by atoms with E-state index < -0.39 is 43.4 Å². The molecule has 0 bridgehead atoms. The van der Waals surface area contributed by atoms with E-state index in [9.17, 15) is 15.0 Å². The van der Waals surface area contributed by atoms with Crippen LogP contribution in [0, 0.1) is 0 Å². The maximum atomic E-state index is 15.1. The van der Waals surface area contributed by atoms with Gasteiger partial charge >= 0.3 is 5.97 Å². The average molecular weight is 421 g/mol. The van der Waals surface area contributed by atoms with Crippen LogP contribution in [0.1, 0.15) is 15.9 Å². The van der Waals surface area contributed by atoms with Crippen LogP contribution in [-0.2, 0) is 16.1 Å². The standard InChI is InChI=1S/C20H21F2N3O5/c21-20(22,18(16(27)11-26)29-12-14-7-3-1-4-8-14)17(24-25-23)13-30-19(28)15-9-5-2-6-10-15/h1-10,16-18,26-27H,11-13H2/t16-,17+,18+/m0/s1. The van der Waals surface area contributed by atoms with Crippen LogP contribution in [0.5, 0.6) is 0 Å². The number of aliphatic hydroxyl groups is 2. The fraction of sp³-hybridized carbons (Fsp3) is 0.350. The first-order chi connectivity index (χ1) is 14.4. The number of alkyl halides is 2. The molecule has 0 spiro atoms. The summed E-state index contributed by atoms with van der Waals surface area (Å²) in [6.45, 7) is -2.25. The predicted molar refractivity (Wildman–Crippen MR) is 103 cm³/mol. The van der Waals surface area contributed by atoms with Gasteiger partial charge in [0.05, 0.1) is 18.8 Å². The van der Waals surface area contributed by atoms with Crippen molar-refractivity contribution in [1.29, 1.82) is 0 Å². The zero-order valence-corrected chi connectivity index (χ0v) is 15.8. The summed E-state index contributed by atoms with van der Waals surface area (Å²) in [7, 11) is 0. The Hall–Kier alpha value is -3.04. The lowest BCUT2D eigenvalue weighted by molar-refractivity contribution is -0.201. The van der Waals surface area contributed by atoms with Gasteiger partial charge in [-0.2, -0.15) is 0 Å². The molecule has 0 unspecified atom stereocenters. The molecule has 0 saturated carbocycles. The normalized spacial score (nSPS) is 14.3. The van der Waals surface area contributed by atoms with Crippen LogP contribution in [0.2, 0.25) is 0 Å². The first-order valence-corrected chi connectivity index (χ1v) is 8.98. The van der Waals surface area contributed by atoms with E-state index in [4.69, 9.17) is 15.0 Å². The molecule has 2 N–H and O–H groups in total. The van der Waals surface area contributed by atoms with Gasteiger partial charge in [-0.25, -0.2) is 13.6 Å². The number of aliphatic hydroxyl groups excluding tert-OH is 2. The molecule has 0 radical (unpaired) electrons. The second kappa shape index (κ2) is 11.2. The summed E-state index contributed by atoms with van der Waals surface area (Å²) in [6, 6.07) is 13.9. The fourth-order valence-electron chi connectivity index (χ4n) is 2.62. The Morgan fingerprint density at radius 3 is 2.30 bits per heavy atom. The second-order valence-corrected chi connectivity index (χ2v) is 6.33. The van der Waals surface area contributed by atoms with Crippen LogP contribution in [0.3, 0.4) is 0 Å². The Labute approximate surface area is 171 Å². The minimum Gasteiger partial charge on any atom is -0.461 e. The number of nitrogens with zero attached hydrogens (tertiary/aromatic N) is 3. The molecule has 10 heteroatoms. The van der Waals surface area contributed by atoms with Crippen molar-refractivity contribution in [3.8, 4) is 0 Å². The van der Waals surface area contributed by atoms with Gasteiger partial charge in [0.25, 0.3) is 5.92 Å². The van der Waals surface area contributed by atoms with Crippen molar-refractivity contribution in [2.45, 2.75) is 30.8 Å². The van der Waals surface area contributed by atoms with Crippen molar-refractivity contribution < 1.29 is 33.3 Å². The minimum atomic E-state index is -3.96. The molecule has 8 nitrogen and oxygen atoms in total. The third-order valence-corrected chi connectivity index (χ3v) is 4.21. The quantitative estimate of drug-likeness (QED) is 0.250. The molecule has 0 fully saturated rings. The van der Waals surface area contributed by atoms with Crippen LogP contribution < -0.4 is 0 Å². The van der Waals surface area contributed by atoms with Crippen molar-refractivity contribution in [3.05, 3.63) is 82.2 Å².